The molecule has 6 atom stereocenters. The van der Waals surface area contributed by atoms with Crippen LogP contribution in [0.15, 0.2) is 47.4 Å². The quantitative estimate of drug-likeness (QED) is 0.156. The minimum Gasteiger partial charge on any atom is -0.463 e. The monoisotopic (exact) mass is 642 g/mol. The minimum absolute atomic E-state index is 0.283. The van der Waals surface area contributed by atoms with E-state index >= 15 is 0 Å². The second-order valence-corrected chi connectivity index (χ2v) is 11.0. The standard InChI is InChI=1S/C28H25Cl3O9S/c1-15(33)36-14-24-25(37-16(2)34)26(39-23(5-4-12-32)18-6-8-19(29)9-7-18)27(38-17(3)35)28(40-24)41-20-10-11-21(30)22(31)13-20/h6-13,23-28H,14H2,1-3H3/t23?,24-,25+,26+,27-,28-/m1/s1. The molecule has 1 saturated heterocycles. The van der Waals surface area contributed by atoms with Gasteiger partial charge in [-0.15, -0.1) is 0 Å². The van der Waals surface area contributed by atoms with E-state index in [1.165, 1.54) is 20.8 Å². The molecule has 1 aliphatic rings. The van der Waals surface area contributed by atoms with Crippen LogP contribution in [0.3, 0.4) is 0 Å². The number of halogens is 3. The first-order valence-electron chi connectivity index (χ1n) is 12.1. The first kappa shape index (κ1) is 32.7. The van der Waals surface area contributed by atoms with Gasteiger partial charge in [0.15, 0.2) is 18.5 Å². The number of benzene rings is 2. The average Bonchev–Trinajstić information content (AvgIpc) is 2.90. The van der Waals surface area contributed by atoms with E-state index in [0.29, 0.717) is 26.8 Å². The molecule has 0 bridgehead atoms. The molecular weight excluding hydrogens is 619 g/mol. The summed E-state index contributed by atoms with van der Waals surface area (Å²) in [7, 11) is 0. The highest BCUT2D eigenvalue weighted by atomic mass is 35.5. The van der Waals surface area contributed by atoms with E-state index in [-0.39, 0.29) is 11.6 Å². The van der Waals surface area contributed by atoms with E-state index in [4.69, 9.17) is 58.5 Å². The van der Waals surface area contributed by atoms with Crippen LogP contribution in [0.4, 0.5) is 0 Å². The third-order valence-electron chi connectivity index (χ3n) is 5.53. The number of hydrogen-bond donors (Lipinski definition) is 0. The second kappa shape index (κ2) is 15.4. The fourth-order valence-electron chi connectivity index (χ4n) is 3.90. The van der Waals surface area contributed by atoms with Gasteiger partial charge in [-0.2, -0.15) is 0 Å². The zero-order valence-corrected chi connectivity index (χ0v) is 25.1. The summed E-state index contributed by atoms with van der Waals surface area (Å²) in [5.41, 5.74) is -0.456. The summed E-state index contributed by atoms with van der Waals surface area (Å²) in [6.45, 7) is 3.28. The molecule has 0 spiro atoms. The predicted octanol–water partition coefficient (Wildman–Crippen LogP) is 5.22. The lowest BCUT2D eigenvalue weighted by Gasteiger charge is -2.45. The molecule has 2 aromatic carbocycles. The molecule has 41 heavy (non-hydrogen) atoms. The highest BCUT2D eigenvalue weighted by molar-refractivity contribution is 7.99. The molecule has 0 saturated carbocycles. The van der Waals surface area contributed by atoms with Gasteiger partial charge in [-0.1, -0.05) is 64.6 Å². The van der Waals surface area contributed by atoms with E-state index in [1.807, 2.05) is 0 Å². The van der Waals surface area contributed by atoms with Crippen LogP contribution in [-0.2, 0) is 42.9 Å². The van der Waals surface area contributed by atoms with E-state index in [9.17, 15) is 19.2 Å². The van der Waals surface area contributed by atoms with Crippen LogP contribution in [0, 0.1) is 11.8 Å². The lowest BCUT2D eigenvalue weighted by atomic mass is 9.98. The fourth-order valence-corrected chi connectivity index (χ4v) is 5.53. The molecule has 0 aromatic heterocycles. The number of ether oxygens (including phenoxy) is 5. The van der Waals surface area contributed by atoms with Crippen LogP contribution >= 0.6 is 46.6 Å². The van der Waals surface area contributed by atoms with Crippen LogP contribution in [-0.4, -0.2) is 60.7 Å². The summed E-state index contributed by atoms with van der Waals surface area (Å²) in [5.74, 6) is 3.09. The molecule has 1 aliphatic heterocycles. The second-order valence-electron chi connectivity index (χ2n) is 8.63. The van der Waals surface area contributed by atoms with Crippen molar-refractivity contribution in [3.8, 4) is 11.8 Å². The number of hydrogen-bond acceptors (Lipinski definition) is 10. The molecule has 3 rings (SSSR count). The summed E-state index contributed by atoms with van der Waals surface area (Å²) in [5, 5.41) is 1.07. The number of carbonyl (C=O) groups excluding carboxylic acids is 4. The lowest BCUT2D eigenvalue weighted by molar-refractivity contribution is -0.244. The van der Waals surface area contributed by atoms with Gasteiger partial charge in [0, 0.05) is 30.7 Å². The molecule has 1 unspecified atom stereocenters. The van der Waals surface area contributed by atoms with Gasteiger partial charge in [-0.05, 0) is 41.8 Å². The topological polar surface area (TPSA) is 114 Å². The maximum atomic E-state index is 12.3. The Morgan fingerprint density at radius 3 is 2.17 bits per heavy atom. The van der Waals surface area contributed by atoms with E-state index in [0.717, 1.165) is 11.8 Å². The molecule has 0 amide bonds. The molecule has 0 radical (unpaired) electrons. The number of thioether (sulfide) groups is 1. The molecule has 0 aliphatic carbocycles. The van der Waals surface area contributed by atoms with E-state index < -0.39 is 53.9 Å². The van der Waals surface area contributed by atoms with Gasteiger partial charge in [-0.25, -0.2) is 0 Å². The maximum Gasteiger partial charge on any atom is 0.303 e. The zero-order chi connectivity index (χ0) is 30.1. The van der Waals surface area contributed by atoms with Crippen LogP contribution in [0.2, 0.25) is 15.1 Å². The maximum absolute atomic E-state index is 12.3. The predicted molar refractivity (Wildman–Crippen MR) is 152 cm³/mol. The summed E-state index contributed by atoms with van der Waals surface area (Å²) in [6.07, 6.45) is -5.33. The molecule has 13 heteroatoms. The Labute approximate surface area is 256 Å². The first-order chi connectivity index (χ1) is 19.5. The van der Waals surface area contributed by atoms with Crippen molar-refractivity contribution in [3.05, 3.63) is 63.1 Å². The molecule has 0 N–H and O–H groups in total. The van der Waals surface area contributed by atoms with Crippen molar-refractivity contribution in [3.63, 3.8) is 0 Å². The highest BCUT2D eigenvalue weighted by Gasteiger charge is 2.52. The third-order valence-corrected chi connectivity index (χ3v) is 7.66. The largest absolute Gasteiger partial charge is 0.463 e. The van der Waals surface area contributed by atoms with Crippen LogP contribution < -0.4 is 0 Å². The average molecular weight is 644 g/mol. The van der Waals surface area contributed by atoms with Gasteiger partial charge in [0.2, 0.25) is 0 Å². The molecule has 1 heterocycles. The highest BCUT2D eigenvalue weighted by Crippen LogP contribution is 2.40. The number of esters is 3. The van der Waals surface area contributed by atoms with Crippen molar-refractivity contribution in [1.82, 2.24) is 0 Å². The SMILES string of the molecule is CC(=O)OC[C@H]1O[C@H](Sc2ccc(Cl)c(Cl)c2)[C@H](OC(C)=O)[C@@H](OC(C#CC=O)c2ccc(Cl)cc2)[C@H]1OC(C)=O. The van der Waals surface area contributed by atoms with Gasteiger partial charge < -0.3 is 23.7 Å². The van der Waals surface area contributed by atoms with Crippen LogP contribution in [0.1, 0.15) is 32.4 Å². The van der Waals surface area contributed by atoms with Crippen LogP contribution in [0.5, 0.6) is 0 Å². The molecule has 1 fully saturated rings. The first-order valence-corrected chi connectivity index (χ1v) is 14.1. The molecular formula is C28H25Cl3O9S. The Kier molecular flexibility index (Phi) is 12.3. The van der Waals surface area contributed by atoms with Gasteiger partial charge >= 0.3 is 17.9 Å². The Bertz CT molecular complexity index is 1330. The third kappa shape index (κ3) is 9.64. The number of rotatable bonds is 9. The Morgan fingerprint density at radius 2 is 1.59 bits per heavy atom. The Hall–Kier alpha value is -2.78. The van der Waals surface area contributed by atoms with Crippen LogP contribution in [0.25, 0.3) is 0 Å². The van der Waals surface area contributed by atoms with Crippen molar-refractivity contribution in [2.75, 3.05) is 6.61 Å². The lowest BCUT2D eigenvalue weighted by Crippen LogP contribution is -2.61. The van der Waals surface area contributed by atoms with Crippen molar-refractivity contribution >= 4 is 70.8 Å². The zero-order valence-electron chi connectivity index (χ0n) is 22.0. The normalized spacial score (nSPS) is 22.4. The Balaban J connectivity index is 2.12. The smallest absolute Gasteiger partial charge is 0.303 e. The van der Waals surface area contributed by atoms with Gasteiger partial charge in [-0.3, -0.25) is 19.2 Å². The van der Waals surface area contributed by atoms with Crippen molar-refractivity contribution in [1.29, 1.82) is 0 Å². The molecule has 218 valence electrons. The fraction of sp³-hybridized carbons (Fsp3) is 0.357. The number of carbonyl (C=O) groups is 4. The van der Waals surface area contributed by atoms with Crippen molar-refractivity contribution < 1.29 is 42.9 Å². The van der Waals surface area contributed by atoms with Gasteiger partial charge in [0.05, 0.1) is 10.0 Å². The van der Waals surface area contributed by atoms with E-state index in [2.05, 4.69) is 11.8 Å². The van der Waals surface area contributed by atoms with Gasteiger partial charge in [0.25, 0.3) is 0 Å². The summed E-state index contributed by atoms with van der Waals surface area (Å²) in [6, 6.07) is 11.4. The molecule has 9 nitrogen and oxygen atoms in total. The Morgan fingerprint density at radius 1 is 0.927 bits per heavy atom. The van der Waals surface area contributed by atoms with Crippen molar-refractivity contribution in [2.45, 2.75) is 61.6 Å². The van der Waals surface area contributed by atoms with E-state index in [1.54, 1.807) is 42.5 Å². The summed E-state index contributed by atoms with van der Waals surface area (Å²) >= 11 is 19.4. The summed E-state index contributed by atoms with van der Waals surface area (Å²) < 4.78 is 29.1. The molecule has 2 aromatic rings. The minimum atomic E-state index is -1.23. The van der Waals surface area contributed by atoms with Crippen molar-refractivity contribution in [2.24, 2.45) is 0 Å². The number of aldehydes is 1. The summed E-state index contributed by atoms with van der Waals surface area (Å²) in [4.78, 5) is 47.9. The van der Waals surface area contributed by atoms with Gasteiger partial charge in [0.1, 0.15) is 30.4 Å².